The van der Waals surface area contributed by atoms with Crippen LogP contribution in [0.1, 0.15) is 51.6 Å². The second kappa shape index (κ2) is 11.5. The van der Waals surface area contributed by atoms with Crippen molar-refractivity contribution < 1.29 is 9.53 Å². The Labute approximate surface area is 151 Å². The molecule has 4 nitrogen and oxygen atoms in total. The Balaban J connectivity index is 2.33. The first-order valence-electron chi connectivity index (χ1n) is 7.95. The third-order valence-electron chi connectivity index (χ3n) is 3.55. The predicted octanol–water partition coefficient (Wildman–Crippen LogP) is 4.96. The molecule has 1 aromatic rings. The third-order valence-corrected chi connectivity index (χ3v) is 5.67. The molecule has 1 rings (SSSR count). The lowest BCUT2D eigenvalue weighted by Crippen LogP contribution is -2.14. The Bertz CT molecular complexity index is 546. The average Bonchev–Trinajstić information content (AvgIpc) is 2.56. The molecular formula is C17H23BrN2O2S. The molecule has 126 valence electrons. The number of ether oxygens (including phenoxy) is 1. The Morgan fingerprint density at radius 3 is 2.96 bits per heavy atom. The Morgan fingerprint density at radius 2 is 2.30 bits per heavy atom. The van der Waals surface area contributed by atoms with Crippen molar-refractivity contribution in [1.29, 1.82) is 5.26 Å². The molecule has 1 aromatic heterocycles. The molecule has 23 heavy (non-hydrogen) atoms. The van der Waals surface area contributed by atoms with E-state index in [9.17, 15) is 4.79 Å². The predicted molar refractivity (Wildman–Crippen MR) is 96.3 cm³/mol. The van der Waals surface area contributed by atoms with E-state index in [1.165, 1.54) is 24.6 Å². The molecule has 0 aliphatic rings. The van der Waals surface area contributed by atoms with Gasteiger partial charge < -0.3 is 4.74 Å². The van der Waals surface area contributed by atoms with E-state index >= 15 is 0 Å². The quantitative estimate of drug-likeness (QED) is 0.411. The highest BCUT2D eigenvalue weighted by molar-refractivity contribution is 9.10. The van der Waals surface area contributed by atoms with Crippen LogP contribution in [-0.2, 0) is 9.53 Å². The molecule has 6 heteroatoms. The fourth-order valence-corrected chi connectivity index (χ4v) is 3.58. The number of unbranched alkanes of at least 4 members (excludes halogenated alkanes) is 1. The van der Waals surface area contributed by atoms with Crippen LogP contribution in [0.2, 0.25) is 0 Å². The largest absolute Gasteiger partial charge is 0.465 e. The van der Waals surface area contributed by atoms with Crippen LogP contribution >= 0.6 is 27.7 Å². The van der Waals surface area contributed by atoms with E-state index in [2.05, 4.69) is 34.8 Å². The monoisotopic (exact) mass is 398 g/mol. The number of esters is 1. The van der Waals surface area contributed by atoms with Crippen LogP contribution in [-0.4, -0.2) is 23.3 Å². The molecule has 1 atom stereocenters. The third kappa shape index (κ3) is 7.36. The van der Waals surface area contributed by atoms with Gasteiger partial charge in [-0.25, -0.2) is 4.98 Å². The van der Waals surface area contributed by atoms with Gasteiger partial charge in [-0.2, -0.15) is 5.26 Å². The second-order valence-corrected chi connectivity index (χ2v) is 7.21. The lowest BCUT2D eigenvalue weighted by Gasteiger charge is -2.14. The van der Waals surface area contributed by atoms with Crippen LogP contribution in [0.25, 0.3) is 0 Å². The zero-order valence-electron chi connectivity index (χ0n) is 13.7. The summed E-state index contributed by atoms with van der Waals surface area (Å²) in [7, 11) is 0. The molecule has 0 saturated carbocycles. The first-order valence-corrected chi connectivity index (χ1v) is 9.73. The first-order chi connectivity index (χ1) is 11.1. The minimum atomic E-state index is -0.155. The van der Waals surface area contributed by atoms with Gasteiger partial charge in [0.05, 0.1) is 17.5 Å². The van der Waals surface area contributed by atoms with E-state index in [1.54, 1.807) is 6.20 Å². The average molecular weight is 399 g/mol. The summed E-state index contributed by atoms with van der Waals surface area (Å²) in [5, 5.41) is 8.94. The van der Waals surface area contributed by atoms with E-state index in [0.717, 1.165) is 17.7 Å². The minimum absolute atomic E-state index is 0.155. The fourth-order valence-electron chi connectivity index (χ4n) is 2.04. The second-order valence-electron chi connectivity index (χ2n) is 5.28. The van der Waals surface area contributed by atoms with Crippen LogP contribution in [0, 0.1) is 17.2 Å². The fraction of sp³-hybridized carbons (Fsp3) is 0.588. The maximum atomic E-state index is 11.8. The number of nitrogens with zero attached hydrogens (tertiary/aromatic N) is 2. The van der Waals surface area contributed by atoms with Crippen molar-refractivity contribution in [3.05, 3.63) is 22.4 Å². The summed E-state index contributed by atoms with van der Waals surface area (Å²) in [5.74, 6) is 0.940. The van der Waals surface area contributed by atoms with Crippen molar-refractivity contribution >= 4 is 33.7 Å². The summed E-state index contributed by atoms with van der Waals surface area (Å²) in [6.07, 6.45) is 6.49. The summed E-state index contributed by atoms with van der Waals surface area (Å²) in [5.41, 5.74) is 0.360. The number of rotatable bonds is 10. The zero-order chi connectivity index (χ0) is 17.1. The number of hydrogen-bond donors (Lipinski definition) is 0. The molecule has 0 aromatic carbocycles. The maximum Gasteiger partial charge on any atom is 0.306 e. The summed E-state index contributed by atoms with van der Waals surface area (Å²) < 4.78 is 6.06. The van der Waals surface area contributed by atoms with Crippen molar-refractivity contribution in [2.45, 2.75) is 50.8 Å². The molecule has 0 aliphatic carbocycles. The zero-order valence-corrected chi connectivity index (χ0v) is 16.1. The number of carbonyl (C=O) groups is 1. The lowest BCUT2D eigenvalue weighted by atomic mass is 10.0. The van der Waals surface area contributed by atoms with Gasteiger partial charge in [-0.15, -0.1) is 11.8 Å². The van der Waals surface area contributed by atoms with Crippen LogP contribution in [0.15, 0.2) is 21.6 Å². The number of hydrogen-bond acceptors (Lipinski definition) is 5. The molecule has 0 bridgehead atoms. The van der Waals surface area contributed by atoms with Crippen LogP contribution in [0.3, 0.4) is 0 Å². The van der Waals surface area contributed by atoms with Crippen molar-refractivity contribution in [2.75, 3.05) is 12.4 Å². The molecular weight excluding hydrogens is 376 g/mol. The van der Waals surface area contributed by atoms with E-state index in [0.29, 0.717) is 34.9 Å². The van der Waals surface area contributed by atoms with Gasteiger partial charge in [0.1, 0.15) is 6.07 Å². The first kappa shape index (κ1) is 20.0. The number of halogens is 1. The topological polar surface area (TPSA) is 63.0 Å². The van der Waals surface area contributed by atoms with Gasteiger partial charge in [0.15, 0.2) is 5.69 Å². The minimum Gasteiger partial charge on any atom is -0.465 e. The van der Waals surface area contributed by atoms with Crippen molar-refractivity contribution in [3.63, 3.8) is 0 Å². The number of nitriles is 1. The molecule has 0 aliphatic heterocycles. The highest BCUT2D eigenvalue weighted by Gasteiger charge is 2.11. The summed E-state index contributed by atoms with van der Waals surface area (Å²) in [6.45, 7) is 4.83. The van der Waals surface area contributed by atoms with E-state index in [4.69, 9.17) is 10.00 Å². The lowest BCUT2D eigenvalue weighted by molar-refractivity contribution is -0.144. The normalized spacial score (nSPS) is 11.7. The molecule has 0 amide bonds. The number of aromatic nitrogens is 1. The van der Waals surface area contributed by atoms with Gasteiger partial charge in [0, 0.05) is 16.8 Å². The number of thioether (sulfide) groups is 1. The highest BCUT2D eigenvalue weighted by Crippen LogP contribution is 2.29. The molecule has 1 heterocycles. The Kier molecular flexibility index (Phi) is 9.97. The van der Waals surface area contributed by atoms with Gasteiger partial charge in [0.2, 0.25) is 0 Å². The number of carbonyl (C=O) groups excluding carboxylic acids is 1. The summed E-state index contributed by atoms with van der Waals surface area (Å²) in [6, 6.07) is 3.86. The van der Waals surface area contributed by atoms with Gasteiger partial charge >= 0.3 is 5.97 Å². The van der Waals surface area contributed by atoms with Gasteiger partial charge in [-0.05, 0) is 34.3 Å². The van der Waals surface area contributed by atoms with Gasteiger partial charge in [0.25, 0.3) is 0 Å². The Hall–Kier alpha value is -1.06. The summed E-state index contributed by atoms with van der Waals surface area (Å²) >= 11 is 4.89. The molecule has 0 radical (unpaired) electrons. The van der Waals surface area contributed by atoms with Gasteiger partial charge in [-0.1, -0.05) is 33.1 Å². The van der Waals surface area contributed by atoms with Gasteiger partial charge in [-0.3, -0.25) is 4.79 Å². The summed E-state index contributed by atoms with van der Waals surface area (Å²) in [4.78, 5) is 16.7. The maximum absolute atomic E-state index is 11.8. The molecule has 0 N–H and O–H groups in total. The van der Waals surface area contributed by atoms with Crippen LogP contribution in [0.5, 0.6) is 0 Å². The standard InChI is InChI=1S/C17H23BrN2O2S/c1-3-5-6-13(4-2)12-22-16(21)8-10-23-15-7-9-20-14(11-19)17(15)18/h7,9,13H,3-6,8,10,12H2,1-2H3. The molecule has 1 unspecified atom stereocenters. The SMILES string of the molecule is CCCCC(CC)COC(=O)CCSc1ccnc(C#N)c1Br. The van der Waals surface area contributed by atoms with Crippen LogP contribution in [0.4, 0.5) is 0 Å². The van der Waals surface area contributed by atoms with Crippen molar-refractivity contribution in [1.82, 2.24) is 4.98 Å². The van der Waals surface area contributed by atoms with E-state index in [1.807, 2.05) is 12.1 Å². The molecule has 0 saturated heterocycles. The molecule has 0 fully saturated rings. The Morgan fingerprint density at radius 1 is 1.52 bits per heavy atom. The smallest absolute Gasteiger partial charge is 0.306 e. The molecule has 0 spiro atoms. The van der Waals surface area contributed by atoms with Crippen molar-refractivity contribution in [3.8, 4) is 6.07 Å². The van der Waals surface area contributed by atoms with E-state index in [-0.39, 0.29) is 5.97 Å². The van der Waals surface area contributed by atoms with Crippen LogP contribution < -0.4 is 0 Å². The van der Waals surface area contributed by atoms with E-state index < -0.39 is 0 Å². The highest BCUT2D eigenvalue weighted by atomic mass is 79.9. The number of pyridine rings is 1. The van der Waals surface area contributed by atoms with Crippen molar-refractivity contribution in [2.24, 2.45) is 5.92 Å².